The number of anilines is 2. The number of benzene rings is 2. The summed E-state index contributed by atoms with van der Waals surface area (Å²) in [6.07, 6.45) is 5.84. The first-order valence-corrected chi connectivity index (χ1v) is 19.5. The Morgan fingerprint density at radius 1 is 0.840 bits per heavy atom. The minimum absolute atomic E-state index is 0.141. The fraction of sp³-hybridized carbons (Fsp3) is 0.537. The monoisotopic (exact) mass is 697 g/mol. The summed E-state index contributed by atoms with van der Waals surface area (Å²) in [6.45, 7) is 9.85. The van der Waals surface area contributed by atoms with E-state index >= 15 is 0 Å². The van der Waals surface area contributed by atoms with Gasteiger partial charge in [0.25, 0.3) is 0 Å². The molecule has 2 aromatic heterocycles. The van der Waals surface area contributed by atoms with Crippen molar-refractivity contribution >= 4 is 22.9 Å². The fourth-order valence-electron chi connectivity index (χ4n) is 8.83. The molecule has 1 aliphatic carbocycles. The summed E-state index contributed by atoms with van der Waals surface area (Å²) in [5.74, 6) is 3.88. The molecule has 3 aliphatic rings. The Kier molecular flexibility index (Phi) is 11.1. The highest BCUT2D eigenvalue weighted by Crippen LogP contribution is 2.46. The number of piperazine rings is 1. The fourth-order valence-corrected chi connectivity index (χ4v) is 9.85. The Balaban J connectivity index is 1.18. The van der Waals surface area contributed by atoms with Crippen molar-refractivity contribution in [3.63, 3.8) is 0 Å². The van der Waals surface area contributed by atoms with Gasteiger partial charge in [-0.2, -0.15) is 0 Å². The second kappa shape index (κ2) is 15.9. The Labute approximate surface area is 303 Å². The second-order valence-electron chi connectivity index (χ2n) is 14.9. The maximum Gasteiger partial charge on any atom is 0.220 e. The van der Waals surface area contributed by atoms with Gasteiger partial charge in [-0.3, -0.25) is 4.90 Å². The average Bonchev–Trinajstić information content (AvgIpc) is 3.80. The van der Waals surface area contributed by atoms with Crippen LogP contribution in [0.15, 0.2) is 76.5 Å². The Bertz CT molecular complexity index is 1600. The van der Waals surface area contributed by atoms with Crippen LogP contribution in [0.1, 0.15) is 73.6 Å². The van der Waals surface area contributed by atoms with Crippen LogP contribution in [0.5, 0.6) is 5.75 Å². The van der Waals surface area contributed by atoms with Crippen molar-refractivity contribution in [2.75, 3.05) is 70.3 Å². The number of hydrogen-bond acceptors (Lipinski definition) is 9. The van der Waals surface area contributed by atoms with Gasteiger partial charge in [-0.05, 0) is 107 Å². The summed E-state index contributed by atoms with van der Waals surface area (Å²) < 4.78 is 18.7. The average molecular weight is 698 g/mol. The van der Waals surface area contributed by atoms with Crippen molar-refractivity contribution in [1.29, 1.82) is 0 Å². The first-order chi connectivity index (χ1) is 24.4. The molecule has 4 aromatic rings. The Morgan fingerprint density at radius 2 is 1.52 bits per heavy atom. The van der Waals surface area contributed by atoms with Gasteiger partial charge in [0, 0.05) is 62.3 Å². The molecule has 4 heterocycles. The maximum absolute atomic E-state index is 7.08. The molecule has 0 spiro atoms. The number of rotatable bonds is 11. The van der Waals surface area contributed by atoms with Crippen LogP contribution in [0.2, 0.25) is 0 Å². The molecule has 4 atom stereocenters. The van der Waals surface area contributed by atoms with Gasteiger partial charge < -0.3 is 28.6 Å². The summed E-state index contributed by atoms with van der Waals surface area (Å²) in [6, 6.07) is 24.4. The van der Waals surface area contributed by atoms with Gasteiger partial charge in [-0.1, -0.05) is 36.4 Å². The molecule has 9 heteroatoms. The molecule has 2 aliphatic heterocycles. The summed E-state index contributed by atoms with van der Waals surface area (Å²) >= 11 is 1.90. The molecule has 0 N–H and O–H groups in total. The lowest BCUT2D eigenvalue weighted by Crippen LogP contribution is -2.49. The summed E-state index contributed by atoms with van der Waals surface area (Å²) in [5, 5.41) is 2.22. The number of oxazole rings is 1. The first-order valence-electron chi connectivity index (χ1n) is 18.6. The van der Waals surface area contributed by atoms with Crippen molar-refractivity contribution in [3.05, 3.63) is 94.1 Å². The topological polar surface area (TPSA) is 57.5 Å². The van der Waals surface area contributed by atoms with E-state index < -0.39 is 0 Å². The van der Waals surface area contributed by atoms with Crippen LogP contribution < -0.4 is 14.5 Å². The second-order valence-corrected chi connectivity index (χ2v) is 15.9. The highest BCUT2D eigenvalue weighted by Gasteiger charge is 2.40. The van der Waals surface area contributed by atoms with Gasteiger partial charge in [0.15, 0.2) is 0 Å². The number of methoxy groups -OCH3 is 1. The van der Waals surface area contributed by atoms with Gasteiger partial charge in [-0.25, -0.2) is 4.98 Å². The van der Waals surface area contributed by atoms with Crippen LogP contribution in [0.3, 0.4) is 0 Å². The number of morpholine rings is 1. The van der Waals surface area contributed by atoms with Crippen LogP contribution in [0, 0.1) is 11.8 Å². The minimum Gasteiger partial charge on any atom is -0.497 e. The van der Waals surface area contributed by atoms with Gasteiger partial charge >= 0.3 is 0 Å². The normalized spacial score (nSPS) is 24.8. The molecule has 3 fully saturated rings. The zero-order valence-electron chi connectivity index (χ0n) is 30.5. The minimum atomic E-state index is 0.141. The summed E-state index contributed by atoms with van der Waals surface area (Å²) in [5.41, 5.74) is 3.56. The standard InChI is InChI=1S/C41H55N5O3S/c1-29-27-46(28-30(2)48-29)41-36(26-31-10-7-6-8-11-31)42-40(49-41)39(45-23-21-44(22-24-45)34-17-19-35(47-5)20-18-34)33-15-13-32(14-16-33)38(43(3)4)37-12-9-25-50-37/h6-12,17-20,25,29-30,32-33,38-39H,13-16,21-24,26-28H2,1-5H3. The molecule has 8 nitrogen and oxygen atoms in total. The van der Waals surface area contributed by atoms with E-state index in [-0.39, 0.29) is 18.2 Å². The molecule has 0 amide bonds. The third-order valence-electron chi connectivity index (χ3n) is 11.1. The largest absolute Gasteiger partial charge is 0.497 e. The van der Waals surface area contributed by atoms with Crippen LogP contribution in [0.4, 0.5) is 11.6 Å². The molecule has 0 bridgehead atoms. The van der Waals surface area contributed by atoms with E-state index in [1.165, 1.54) is 41.8 Å². The van der Waals surface area contributed by atoms with Crippen LogP contribution in [-0.4, -0.2) is 87.5 Å². The molecule has 50 heavy (non-hydrogen) atoms. The van der Waals surface area contributed by atoms with E-state index in [0.717, 1.165) is 68.9 Å². The maximum atomic E-state index is 7.08. The van der Waals surface area contributed by atoms with E-state index in [2.05, 4.69) is 120 Å². The van der Waals surface area contributed by atoms with Crippen molar-refractivity contribution in [2.45, 2.75) is 70.2 Å². The van der Waals surface area contributed by atoms with Crippen molar-refractivity contribution in [2.24, 2.45) is 11.8 Å². The number of nitrogens with zero attached hydrogens (tertiary/aromatic N) is 5. The lowest BCUT2D eigenvalue weighted by atomic mass is 9.74. The predicted molar refractivity (Wildman–Crippen MR) is 204 cm³/mol. The smallest absolute Gasteiger partial charge is 0.220 e. The number of hydrogen-bond donors (Lipinski definition) is 0. The van der Waals surface area contributed by atoms with E-state index in [1.54, 1.807) is 7.11 Å². The lowest BCUT2D eigenvalue weighted by molar-refractivity contribution is -0.00672. The molecule has 7 rings (SSSR count). The van der Waals surface area contributed by atoms with Gasteiger partial charge in [0.2, 0.25) is 11.8 Å². The molecular formula is C41H55N5O3S. The van der Waals surface area contributed by atoms with Gasteiger partial charge in [0.1, 0.15) is 11.4 Å². The van der Waals surface area contributed by atoms with Crippen LogP contribution in [-0.2, 0) is 11.2 Å². The van der Waals surface area contributed by atoms with E-state index in [1.807, 2.05) is 11.3 Å². The molecule has 2 aromatic carbocycles. The predicted octanol–water partition coefficient (Wildman–Crippen LogP) is 7.92. The third kappa shape index (κ3) is 7.91. The quantitative estimate of drug-likeness (QED) is 0.157. The SMILES string of the molecule is COc1ccc(N2CCN(C(c3nc(Cc4ccccc4)c(N4CC(C)OC(C)C4)o3)C3CCC(C(c4cccs4)N(C)C)CC3)CC2)cc1. The molecule has 2 saturated heterocycles. The zero-order chi connectivity index (χ0) is 34.6. The lowest BCUT2D eigenvalue weighted by Gasteiger charge is -2.44. The van der Waals surface area contributed by atoms with Crippen LogP contribution >= 0.6 is 11.3 Å². The summed E-state index contributed by atoms with van der Waals surface area (Å²) in [4.78, 5) is 17.0. The molecular weight excluding hydrogens is 643 g/mol. The number of ether oxygens (including phenoxy) is 2. The van der Waals surface area contributed by atoms with E-state index in [0.29, 0.717) is 17.9 Å². The molecule has 0 radical (unpaired) electrons. The molecule has 4 unspecified atom stereocenters. The highest BCUT2D eigenvalue weighted by atomic mass is 32.1. The zero-order valence-corrected chi connectivity index (χ0v) is 31.4. The Morgan fingerprint density at radius 3 is 2.14 bits per heavy atom. The van der Waals surface area contributed by atoms with Crippen molar-refractivity contribution < 1.29 is 13.9 Å². The van der Waals surface area contributed by atoms with Crippen molar-refractivity contribution in [3.8, 4) is 5.75 Å². The number of thiophene rings is 1. The van der Waals surface area contributed by atoms with Crippen molar-refractivity contribution in [1.82, 2.24) is 14.8 Å². The van der Waals surface area contributed by atoms with Crippen LogP contribution in [0.25, 0.3) is 0 Å². The van der Waals surface area contributed by atoms with E-state index in [9.17, 15) is 0 Å². The third-order valence-corrected chi connectivity index (χ3v) is 12.1. The Hall–Kier alpha value is -3.37. The number of aromatic nitrogens is 1. The summed E-state index contributed by atoms with van der Waals surface area (Å²) in [7, 11) is 6.22. The molecule has 268 valence electrons. The van der Waals surface area contributed by atoms with Gasteiger partial charge in [-0.15, -0.1) is 11.3 Å². The highest BCUT2D eigenvalue weighted by molar-refractivity contribution is 7.10. The molecule has 1 saturated carbocycles. The first kappa shape index (κ1) is 35.1. The van der Waals surface area contributed by atoms with E-state index in [4.69, 9.17) is 18.9 Å². The van der Waals surface area contributed by atoms with Gasteiger partial charge in [0.05, 0.1) is 25.4 Å².